The van der Waals surface area contributed by atoms with E-state index in [0.29, 0.717) is 22.5 Å². The van der Waals surface area contributed by atoms with E-state index >= 15 is 0 Å². The summed E-state index contributed by atoms with van der Waals surface area (Å²) in [4.78, 5) is -1.89. The summed E-state index contributed by atoms with van der Waals surface area (Å²) in [6.45, 7) is 0. The Kier molecular flexibility index (Phi) is 2.10. The highest BCUT2D eigenvalue weighted by atomic mass is 35.5. The molecule has 0 aliphatic heterocycles. The zero-order valence-corrected chi connectivity index (χ0v) is 9.71. The first-order valence-corrected chi connectivity index (χ1v) is 6.72. The van der Waals surface area contributed by atoms with Gasteiger partial charge in [0, 0.05) is 5.02 Å². The summed E-state index contributed by atoms with van der Waals surface area (Å²) >= 11 is 5.64. The van der Waals surface area contributed by atoms with Crippen LogP contribution >= 0.6 is 21.8 Å². The first-order valence-electron chi connectivity index (χ1n) is 4.39. The lowest BCUT2D eigenvalue weighted by Gasteiger charge is -2.40. The molecule has 0 unspecified atom stereocenters. The molecule has 0 aliphatic carbocycles. The van der Waals surface area contributed by atoms with E-state index < -0.39 is 15.1 Å². The largest absolute Gasteiger partial charge is 0.310 e. The predicted octanol–water partition coefficient (Wildman–Crippen LogP) is 6.15. The van der Waals surface area contributed by atoms with E-state index in [2.05, 4.69) is 0 Å². The maximum Gasteiger partial charge on any atom is 0.310 e. The van der Waals surface area contributed by atoms with E-state index in [-0.39, 0.29) is 5.39 Å². The molecule has 2 aromatic carbocycles. The molecular formula is C10H6ClF5S. The lowest BCUT2D eigenvalue weighted by atomic mass is 10.1. The minimum atomic E-state index is -9.60. The molecule has 2 rings (SSSR count). The van der Waals surface area contributed by atoms with Crippen LogP contribution in [-0.4, -0.2) is 0 Å². The van der Waals surface area contributed by atoms with Gasteiger partial charge in [-0.05, 0) is 35.0 Å². The second-order valence-corrected chi connectivity index (χ2v) is 6.47. The van der Waals surface area contributed by atoms with Crippen LogP contribution in [0.3, 0.4) is 0 Å². The third kappa shape index (κ3) is 2.63. The van der Waals surface area contributed by atoms with Crippen molar-refractivity contribution < 1.29 is 19.4 Å². The smallest absolute Gasteiger partial charge is 0.0936 e. The molecule has 94 valence electrons. The van der Waals surface area contributed by atoms with Gasteiger partial charge in [0.15, 0.2) is 0 Å². The zero-order chi connectivity index (χ0) is 13.0. The summed E-state index contributed by atoms with van der Waals surface area (Å²) in [6.07, 6.45) is 0. The van der Waals surface area contributed by atoms with E-state index in [9.17, 15) is 19.4 Å². The fraction of sp³-hybridized carbons (Fsp3) is 0. The number of hydrogen-bond donors (Lipinski definition) is 0. The van der Waals surface area contributed by atoms with Crippen LogP contribution in [0.15, 0.2) is 41.3 Å². The lowest BCUT2D eigenvalue weighted by molar-refractivity contribution is 0.364. The summed E-state index contributed by atoms with van der Waals surface area (Å²) in [5.74, 6) is 0. The van der Waals surface area contributed by atoms with E-state index in [1.807, 2.05) is 0 Å². The molecule has 2 aromatic rings. The first kappa shape index (κ1) is 12.4. The van der Waals surface area contributed by atoms with Gasteiger partial charge >= 0.3 is 10.2 Å². The Morgan fingerprint density at radius 1 is 0.765 bits per heavy atom. The monoisotopic (exact) mass is 288 g/mol. The van der Waals surface area contributed by atoms with Crippen molar-refractivity contribution in [3.8, 4) is 0 Å². The van der Waals surface area contributed by atoms with Crippen LogP contribution in [0, 0.1) is 0 Å². The van der Waals surface area contributed by atoms with Crippen LogP contribution in [0.25, 0.3) is 10.8 Å². The van der Waals surface area contributed by atoms with Crippen molar-refractivity contribution in [2.75, 3.05) is 0 Å². The van der Waals surface area contributed by atoms with Crippen LogP contribution < -0.4 is 0 Å². The molecule has 0 saturated heterocycles. The van der Waals surface area contributed by atoms with Crippen molar-refractivity contribution in [3.05, 3.63) is 41.4 Å². The molecule has 0 radical (unpaired) electrons. The molecule has 0 N–H and O–H groups in total. The highest BCUT2D eigenvalue weighted by molar-refractivity contribution is 8.45. The van der Waals surface area contributed by atoms with Crippen molar-refractivity contribution in [1.82, 2.24) is 0 Å². The fourth-order valence-corrected chi connectivity index (χ4v) is 2.29. The van der Waals surface area contributed by atoms with Crippen LogP contribution in [0.2, 0.25) is 5.02 Å². The number of benzene rings is 2. The molecule has 0 aliphatic rings. The summed E-state index contributed by atoms with van der Waals surface area (Å²) < 4.78 is 62.6. The number of rotatable bonds is 1. The molecule has 0 amide bonds. The standard InChI is InChI=1S/C10H6ClF5S/c11-9-3-1-8-6-10(4-2-7(8)5-9)17(12,13,14,15)16/h1-6H. The molecule has 7 heteroatoms. The van der Waals surface area contributed by atoms with Crippen molar-refractivity contribution in [3.63, 3.8) is 0 Å². The van der Waals surface area contributed by atoms with Gasteiger partial charge in [-0.1, -0.05) is 43.2 Å². The Morgan fingerprint density at radius 3 is 1.88 bits per heavy atom. The van der Waals surface area contributed by atoms with E-state index in [1.54, 1.807) is 0 Å². The van der Waals surface area contributed by atoms with Gasteiger partial charge in [-0.15, -0.1) is 0 Å². The second kappa shape index (κ2) is 2.87. The topological polar surface area (TPSA) is 0 Å². The molecule has 0 aromatic heterocycles. The molecule has 0 fully saturated rings. The number of hydrogen-bond acceptors (Lipinski definition) is 0. The van der Waals surface area contributed by atoms with Crippen LogP contribution in [0.1, 0.15) is 0 Å². The van der Waals surface area contributed by atoms with Crippen molar-refractivity contribution >= 4 is 32.6 Å². The molecule has 0 nitrogen and oxygen atoms in total. The van der Waals surface area contributed by atoms with Crippen LogP contribution in [-0.2, 0) is 0 Å². The van der Waals surface area contributed by atoms with Crippen LogP contribution in [0.4, 0.5) is 19.4 Å². The predicted molar refractivity (Wildman–Crippen MR) is 60.4 cm³/mol. The molecule has 0 atom stereocenters. The minimum absolute atomic E-state index is 0.0696. The lowest BCUT2D eigenvalue weighted by Crippen LogP contribution is -2.05. The molecule has 0 bridgehead atoms. The third-order valence-electron chi connectivity index (χ3n) is 2.22. The molecular weight excluding hydrogens is 283 g/mol. The quantitative estimate of drug-likeness (QED) is 0.552. The Labute approximate surface area is 98.7 Å². The molecule has 0 saturated carbocycles. The molecule has 17 heavy (non-hydrogen) atoms. The summed E-state index contributed by atoms with van der Waals surface area (Å²) in [6, 6.07) is 5.82. The van der Waals surface area contributed by atoms with E-state index in [1.165, 1.54) is 18.2 Å². The highest BCUT2D eigenvalue weighted by Crippen LogP contribution is 3.02. The summed E-state index contributed by atoms with van der Waals surface area (Å²) in [5, 5.41) is 0.779. The van der Waals surface area contributed by atoms with Crippen LogP contribution in [0.5, 0.6) is 0 Å². The van der Waals surface area contributed by atoms with Crippen molar-refractivity contribution in [2.24, 2.45) is 0 Å². The van der Waals surface area contributed by atoms with E-state index in [4.69, 9.17) is 11.6 Å². The van der Waals surface area contributed by atoms with Gasteiger partial charge in [0.1, 0.15) is 4.90 Å². The SMILES string of the molecule is FS(F)(F)(F)(F)c1ccc2cc(Cl)ccc2c1. The number of fused-ring (bicyclic) bond motifs is 1. The Morgan fingerprint density at radius 2 is 1.29 bits per heavy atom. The maximum absolute atomic E-state index is 12.5. The Bertz CT molecular complexity index is 605. The van der Waals surface area contributed by atoms with Gasteiger partial charge < -0.3 is 0 Å². The highest BCUT2D eigenvalue weighted by Gasteiger charge is 2.65. The third-order valence-corrected chi connectivity index (χ3v) is 3.60. The average Bonchev–Trinajstić information content (AvgIpc) is 2.13. The average molecular weight is 289 g/mol. The zero-order valence-electron chi connectivity index (χ0n) is 8.14. The molecule has 0 spiro atoms. The normalized spacial score (nSPS) is 16.6. The summed E-state index contributed by atoms with van der Waals surface area (Å²) in [7, 11) is -9.60. The van der Waals surface area contributed by atoms with E-state index in [0.717, 1.165) is 6.07 Å². The van der Waals surface area contributed by atoms with Gasteiger partial charge in [-0.3, -0.25) is 0 Å². The molecule has 0 heterocycles. The second-order valence-electron chi connectivity index (χ2n) is 3.62. The van der Waals surface area contributed by atoms with Gasteiger partial charge in [-0.25, -0.2) is 0 Å². The minimum Gasteiger partial charge on any atom is -0.0936 e. The first-order chi connectivity index (χ1) is 7.45. The fourth-order valence-electron chi connectivity index (χ4n) is 1.43. The van der Waals surface area contributed by atoms with Gasteiger partial charge in [0.25, 0.3) is 0 Å². The van der Waals surface area contributed by atoms with Gasteiger partial charge in [-0.2, -0.15) is 0 Å². The maximum atomic E-state index is 12.5. The van der Waals surface area contributed by atoms with Crippen molar-refractivity contribution in [2.45, 2.75) is 4.90 Å². The Hall–Kier alpha value is -1.01. The summed E-state index contributed by atoms with van der Waals surface area (Å²) in [5.41, 5.74) is 0. The number of halogens is 6. The van der Waals surface area contributed by atoms with Crippen molar-refractivity contribution in [1.29, 1.82) is 0 Å². The Balaban J connectivity index is 2.74. The van der Waals surface area contributed by atoms with Gasteiger partial charge in [0.05, 0.1) is 0 Å². The van der Waals surface area contributed by atoms with Gasteiger partial charge in [0.2, 0.25) is 0 Å².